The van der Waals surface area contributed by atoms with E-state index in [1.165, 1.54) is 11.9 Å². The van der Waals surface area contributed by atoms with Gasteiger partial charge in [-0.05, 0) is 6.92 Å². The monoisotopic (exact) mass is 296 g/mol. The lowest BCUT2D eigenvalue weighted by atomic mass is 10.4. The minimum absolute atomic E-state index is 0.0708. The van der Waals surface area contributed by atoms with Crippen molar-refractivity contribution < 1.29 is 18.0 Å². The van der Waals surface area contributed by atoms with Gasteiger partial charge in [0.2, 0.25) is 11.7 Å². The highest BCUT2D eigenvalue weighted by Gasteiger charge is 2.35. The Bertz CT molecular complexity index is 467. The van der Waals surface area contributed by atoms with Gasteiger partial charge >= 0.3 is 6.18 Å². The number of halogens is 4. The summed E-state index contributed by atoms with van der Waals surface area (Å²) in [7, 11) is 1.44. The van der Waals surface area contributed by atoms with Gasteiger partial charge in [0.05, 0.1) is 6.54 Å². The molecule has 1 N–H and O–H groups in total. The third-order valence-corrected chi connectivity index (χ3v) is 2.27. The fourth-order valence-corrected chi connectivity index (χ4v) is 1.46. The Labute approximate surface area is 112 Å². The summed E-state index contributed by atoms with van der Waals surface area (Å²) in [5.74, 6) is -1.73. The summed E-state index contributed by atoms with van der Waals surface area (Å²) in [6.45, 7) is 2.05. The average Bonchev–Trinajstić information content (AvgIpc) is 2.27. The van der Waals surface area contributed by atoms with Crippen molar-refractivity contribution in [3.8, 4) is 0 Å². The third kappa shape index (κ3) is 4.55. The van der Waals surface area contributed by atoms with Crippen LogP contribution in [0.4, 0.5) is 19.0 Å². The Morgan fingerprint density at radius 3 is 2.63 bits per heavy atom. The fraction of sp³-hybridized carbons (Fsp3) is 0.500. The first-order valence-corrected chi connectivity index (χ1v) is 5.71. The molecule has 0 aliphatic heterocycles. The minimum Gasteiger partial charge on any atom is -0.355 e. The highest BCUT2D eigenvalue weighted by molar-refractivity contribution is 6.29. The van der Waals surface area contributed by atoms with E-state index in [4.69, 9.17) is 11.6 Å². The zero-order chi connectivity index (χ0) is 14.6. The van der Waals surface area contributed by atoms with E-state index >= 15 is 0 Å². The molecule has 5 nitrogen and oxygen atoms in total. The van der Waals surface area contributed by atoms with E-state index in [9.17, 15) is 18.0 Å². The van der Waals surface area contributed by atoms with Gasteiger partial charge in [0.15, 0.2) is 0 Å². The molecule has 9 heteroatoms. The highest BCUT2D eigenvalue weighted by Crippen LogP contribution is 2.28. The fourth-order valence-electron chi connectivity index (χ4n) is 1.28. The van der Waals surface area contributed by atoms with E-state index in [0.717, 1.165) is 6.07 Å². The van der Waals surface area contributed by atoms with Gasteiger partial charge in [-0.2, -0.15) is 13.2 Å². The molecule has 0 aliphatic rings. The number of carbonyl (C=O) groups is 1. The molecule has 0 aromatic carbocycles. The number of hydrogen-bond donors (Lipinski definition) is 1. The van der Waals surface area contributed by atoms with Gasteiger partial charge in [0.25, 0.3) is 0 Å². The molecule has 0 atom stereocenters. The Morgan fingerprint density at radius 1 is 1.47 bits per heavy atom. The molecular weight excluding hydrogens is 285 g/mol. The van der Waals surface area contributed by atoms with E-state index in [1.807, 2.05) is 0 Å². The lowest BCUT2D eigenvalue weighted by molar-refractivity contribution is -0.144. The Hall–Kier alpha value is -1.57. The van der Waals surface area contributed by atoms with E-state index in [2.05, 4.69) is 15.3 Å². The summed E-state index contributed by atoms with van der Waals surface area (Å²) in [6, 6.07) is 1.16. The second kappa shape index (κ2) is 6.05. The van der Waals surface area contributed by atoms with Gasteiger partial charge in [-0.3, -0.25) is 4.79 Å². The van der Waals surface area contributed by atoms with Crippen LogP contribution in [0.2, 0.25) is 5.15 Å². The zero-order valence-corrected chi connectivity index (χ0v) is 11.0. The topological polar surface area (TPSA) is 58.1 Å². The summed E-state index contributed by atoms with van der Waals surface area (Å²) in [6.07, 6.45) is -4.69. The second-order valence-electron chi connectivity index (χ2n) is 3.68. The van der Waals surface area contributed by atoms with Gasteiger partial charge < -0.3 is 10.2 Å². The van der Waals surface area contributed by atoms with E-state index in [-0.39, 0.29) is 23.4 Å². The number of amides is 1. The number of alkyl halides is 3. The van der Waals surface area contributed by atoms with Crippen molar-refractivity contribution in [1.29, 1.82) is 0 Å². The number of aromatic nitrogens is 2. The molecule has 1 heterocycles. The third-order valence-electron chi connectivity index (χ3n) is 2.08. The standard InChI is InChI=1S/C10H12ClF3N4O/c1-3-15-8(19)5-18(2)7-4-6(11)16-9(17-7)10(12,13)14/h4H,3,5H2,1-2H3,(H,15,19). The lowest BCUT2D eigenvalue weighted by Crippen LogP contribution is -2.35. The number of likely N-dealkylation sites (N-methyl/N-ethyl adjacent to an activating group) is 2. The van der Waals surface area contributed by atoms with Crippen molar-refractivity contribution in [2.24, 2.45) is 0 Å². The van der Waals surface area contributed by atoms with Crippen molar-refractivity contribution in [2.75, 3.05) is 25.0 Å². The molecule has 0 saturated carbocycles. The maximum Gasteiger partial charge on any atom is 0.451 e. The molecule has 0 unspecified atom stereocenters. The van der Waals surface area contributed by atoms with Crippen molar-refractivity contribution in [1.82, 2.24) is 15.3 Å². The first-order valence-electron chi connectivity index (χ1n) is 5.33. The maximum atomic E-state index is 12.5. The first-order chi connectivity index (χ1) is 8.74. The molecule has 0 fully saturated rings. The van der Waals surface area contributed by atoms with Crippen LogP contribution in [-0.4, -0.2) is 36.0 Å². The molecule has 0 spiro atoms. The SMILES string of the molecule is CCNC(=O)CN(C)c1cc(Cl)nc(C(F)(F)F)n1. The summed E-state index contributed by atoms with van der Waals surface area (Å²) < 4.78 is 37.5. The quantitative estimate of drug-likeness (QED) is 0.860. The van der Waals surface area contributed by atoms with Crippen molar-refractivity contribution in [3.05, 3.63) is 17.0 Å². The maximum absolute atomic E-state index is 12.5. The predicted octanol–water partition coefficient (Wildman–Crippen LogP) is 1.72. The summed E-state index contributed by atoms with van der Waals surface area (Å²) in [5, 5.41) is 2.19. The Balaban J connectivity index is 2.94. The van der Waals surface area contributed by atoms with Crippen molar-refractivity contribution in [2.45, 2.75) is 13.1 Å². The van der Waals surface area contributed by atoms with Gasteiger partial charge in [-0.15, -0.1) is 0 Å². The molecular formula is C10H12ClF3N4O. The minimum atomic E-state index is -4.69. The van der Waals surface area contributed by atoms with E-state index in [1.54, 1.807) is 6.92 Å². The molecule has 1 aromatic heterocycles. The van der Waals surface area contributed by atoms with Crippen LogP contribution in [0.5, 0.6) is 0 Å². The molecule has 1 aromatic rings. The Morgan fingerprint density at radius 2 is 2.11 bits per heavy atom. The lowest BCUT2D eigenvalue weighted by Gasteiger charge is -2.18. The second-order valence-corrected chi connectivity index (χ2v) is 4.07. The van der Waals surface area contributed by atoms with Crippen LogP contribution < -0.4 is 10.2 Å². The van der Waals surface area contributed by atoms with Gasteiger partial charge in [0.1, 0.15) is 11.0 Å². The molecule has 0 aliphatic carbocycles. The van der Waals surface area contributed by atoms with Crippen LogP contribution in [0, 0.1) is 0 Å². The summed E-state index contributed by atoms with van der Waals surface area (Å²) in [5.41, 5.74) is 0. The van der Waals surface area contributed by atoms with Crippen LogP contribution in [0.1, 0.15) is 12.7 Å². The number of rotatable bonds is 4. The molecule has 1 rings (SSSR count). The number of carbonyl (C=O) groups excluding carboxylic acids is 1. The van der Waals surface area contributed by atoms with E-state index in [0.29, 0.717) is 6.54 Å². The summed E-state index contributed by atoms with van der Waals surface area (Å²) >= 11 is 5.52. The van der Waals surface area contributed by atoms with Crippen molar-refractivity contribution in [3.63, 3.8) is 0 Å². The Kier molecular flexibility index (Phi) is 4.93. The van der Waals surface area contributed by atoms with Gasteiger partial charge in [0, 0.05) is 19.7 Å². The normalized spacial score (nSPS) is 11.3. The largest absolute Gasteiger partial charge is 0.451 e. The molecule has 0 radical (unpaired) electrons. The summed E-state index contributed by atoms with van der Waals surface area (Å²) in [4.78, 5) is 19.0. The van der Waals surface area contributed by atoms with Crippen LogP contribution in [0.25, 0.3) is 0 Å². The number of anilines is 1. The smallest absolute Gasteiger partial charge is 0.355 e. The van der Waals surface area contributed by atoms with Gasteiger partial charge in [-0.1, -0.05) is 11.6 Å². The molecule has 19 heavy (non-hydrogen) atoms. The first kappa shape index (κ1) is 15.5. The van der Waals surface area contributed by atoms with E-state index < -0.39 is 12.0 Å². The molecule has 106 valence electrons. The van der Waals surface area contributed by atoms with Gasteiger partial charge in [-0.25, -0.2) is 9.97 Å². The molecule has 0 bridgehead atoms. The molecule has 0 saturated heterocycles. The van der Waals surface area contributed by atoms with Crippen molar-refractivity contribution >= 4 is 23.3 Å². The number of nitrogens with one attached hydrogen (secondary N) is 1. The average molecular weight is 297 g/mol. The number of nitrogens with zero attached hydrogens (tertiary/aromatic N) is 3. The van der Waals surface area contributed by atoms with Crippen LogP contribution in [0.3, 0.4) is 0 Å². The zero-order valence-electron chi connectivity index (χ0n) is 10.3. The van der Waals surface area contributed by atoms with Crippen LogP contribution in [-0.2, 0) is 11.0 Å². The predicted molar refractivity (Wildman–Crippen MR) is 64.0 cm³/mol. The van der Waals surface area contributed by atoms with Crippen LogP contribution >= 0.6 is 11.6 Å². The van der Waals surface area contributed by atoms with Crippen LogP contribution in [0.15, 0.2) is 6.07 Å². The highest BCUT2D eigenvalue weighted by atomic mass is 35.5. The number of hydrogen-bond acceptors (Lipinski definition) is 4. The molecule has 1 amide bonds.